The third-order valence-corrected chi connectivity index (χ3v) is 5.25. The Balaban J connectivity index is 1.77. The zero-order chi connectivity index (χ0) is 15.3. The number of piperidine rings is 1. The minimum absolute atomic E-state index is 0.0194. The molecule has 4 nitrogen and oxygen atoms in total. The van der Waals surface area contributed by atoms with Crippen LogP contribution in [0.1, 0.15) is 26.2 Å². The van der Waals surface area contributed by atoms with Gasteiger partial charge in [-0.05, 0) is 56.5 Å². The number of sulfonamides is 1. The van der Waals surface area contributed by atoms with E-state index in [1.165, 1.54) is 31.0 Å². The molecule has 6 heteroatoms. The fraction of sp³-hybridized carbons (Fsp3) is 0.600. The first-order valence-electron chi connectivity index (χ1n) is 7.45. The van der Waals surface area contributed by atoms with Crippen LogP contribution in [0.25, 0.3) is 0 Å². The van der Waals surface area contributed by atoms with Crippen molar-refractivity contribution in [2.24, 2.45) is 5.92 Å². The second-order valence-corrected chi connectivity index (χ2v) is 7.52. The van der Waals surface area contributed by atoms with Crippen LogP contribution in [0.2, 0.25) is 0 Å². The lowest BCUT2D eigenvalue weighted by molar-refractivity contribution is 0.182. The SMILES string of the molecule is CC1CCCN(CCCNS(=O)(=O)c2cccc(F)c2)C1. The van der Waals surface area contributed by atoms with Crippen molar-refractivity contribution in [1.82, 2.24) is 9.62 Å². The van der Waals surface area contributed by atoms with Gasteiger partial charge in [0.25, 0.3) is 0 Å². The predicted octanol–water partition coefficient (Wildman–Crippen LogP) is 2.23. The van der Waals surface area contributed by atoms with E-state index < -0.39 is 15.8 Å². The average Bonchev–Trinajstić information content (AvgIpc) is 2.44. The van der Waals surface area contributed by atoms with E-state index in [9.17, 15) is 12.8 Å². The Bertz CT molecular complexity index is 563. The van der Waals surface area contributed by atoms with Crippen LogP contribution in [0, 0.1) is 11.7 Å². The van der Waals surface area contributed by atoms with E-state index in [1.54, 1.807) is 0 Å². The molecule has 0 amide bonds. The van der Waals surface area contributed by atoms with Gasteiger partial charge in [0.2, 0.25) is 10.0 Å². The number of hydrogen-bond donors (Lipinski definition) is 1. The molecular weight excluding hydrogens is 291 g/mol. The lowest BCUT2D eigenvalue weighted by atomic mass is 10.0. The smallest absolute Gasteiger partial charge is 0.240 e. The Morgan fingerprint density at radius 3 is 2.95 bits per heavy atom. The van der Waals surface area contributed by atoms with Gasteiger partial charge in [0, 0.05) is 13.1 Å². The van der Waals surface area contributed by atoms with Gasteiger partial charge in [-0.25, -0.2) is 17.5 Å². The van der Waals surface area contributed by atoms with E-state index in [-0.39, 0.29) is 4.90 Å². The monoisotopic (exact) mass is 314 g/mol. The minimum Gasteiger partial charge on any atom is -0.303 e. The lowest BCUT2D eigenvalue weighted by Gasteiger charge is -2.30. The summed E-state index contributed by atoms with van der Waals surface area (Å²) in [6, 6.07) is 5.07. The van der Waals surface area contributed by atoms with Crippen LogP contribution in [0.3, 0.4) is 0 Å². The summed E-state index contributed by atoms with van der Waals surface area (Å²) in [7, 11) is -3.61. The largest absolute Gasteiger partial charge is 0.303 e. The molecule has 1 aromatic carbocycles. The van der Waals surface area contributed by atoms with Crippen molar-refractivity contribution in [2.45, 2.75) is 31.1 Å². The molecule has 0 aromatic heterocycles. The van der Waals surface area contributed by atoms with Crippen molar-refractivity contribution in [3.05, 3.63) is 30.1 Å². The van der Waals surface area contributed by atoms with Gasteiger partial charge in [0.1, 0.15) is 5.82 Å². The highest BCUT2D eigenvalue weighted by Gasteiger charge is 2.17. The molecule has 1 saturated heterocycles. The zero-order valence-electron chi connectivity index (χ0n) is 12.4. The Morgan fingerprint density at radius 1 is 1.43 bits per heavy atom. The first-order chi connectivity index (χ1) is 9.97. The van der Waals surface area contributed by atoms with Crippen molar-refractivity contribution in [2.75, 3.05) is 26.2 Å². The molecule has 1 N–H and O–H groups in total. The van der Waals surface area contributed by atoms with Crippen LogP contribution in [-0.4, -0.2) is 39.5 Å². The summed E-state index contributed by atoms with van der Waals surface area (Å²) >= 11 is 0. The first-order valence-corrected chi connectivity index (χ1v) is 8.93. The van der Waals surface area contributed by atoms with E-state index in [0.29, 0.717) is 6.54 Å². The fourth-order valence-electron chi connectivity index (χ4n) is 2.72. The third-order valence-electron chi connectivity index (χ3n) is 3.79. The summed E-state index contributed by atoms with van der Waals surface area (Å²) < 4.78 is 39.6. The van der Waals surface area contributed by atoms with Crippen LogP contribution < -0.4 is 4.72 Å². The summed E-state index contributed by atoms with van der Waals surface area (Å²) in [6.07, 6.45) is 3.26. The Kier molecular flexibility index (Phi) is 5.72. The Labute approximate surface area is 126 Å². The molecule has 1 fully saturated rings. The highest BCUT2D eigenvalue weighted by atomic mass is 32.2. The first kappa shape index (κ1) is 16.4. The molecule has 1 aliphatic rings. The van der Waals surface area contributed by atoms with Crippen molar-refractivity contribution >= 4 is 10.0 Å². The molecule has 0 aliphatic carbocycles. The van der Waals surface area contributed by atoms with Gasteiger partial charge < -0.3 is 4.90 Å². The van der Waals surface area contributed by atoms with Crippen LogP contribution in [0.15, 0.2) is 29.2 Å². The molecule has 2 rings (SSSR count). The quantitative estimate of drug-likeness (QED) is 0.819. The zero-order valence-corrected chi connectivity index (χ0v) is 13.2. The molecule has 0 saturated carbocycles. The maximum atomic E-state index is 13.1. The molecule has 21 heavy (non-hydrogen) atoms. The summed E-state index contributed by atoms with van der Waals surface area (Å²) in [5.41, 5.74) is 0. The molecular formula is C15H23FN2O2S. The number of benzene rings is 1. The van der Waals surface area contributed by atoms with Crippen molar-refractivity contribution in [1.29, 1.82) is 0 Å². The lowest BCUT2D eigenvalue weighted by Crippen LogP contribution is -2.36. The summed E-state index contributed by atoms with van der Waals surface area (Å²) in [6.45, 7) is 5.72. The molecule has 0 spiro atoms. The maximum Gasteiger partial charge on any atom is 0.240 e. The normalized spacial score (nSPS) is 20.6. The van der Waals surface area contributed by atoms with Gasteiger partial charge >= 0.3 is 0 Å². The molecule has 1 aromatic rings. The Hall–Kier alpha value is -0.980. The predicted molar refractivity (Wildman–Crippen MR) is 81.0 cm³/mol. The maximum absolute atomic E-state index is 13.1. The van der Waals surface area contributed by atoms with E-state index in [0.717, 1.165) is 38.0 Å². The highest BCUT2D eigenvalue weighted by molar-refractivity contribution is 7.89. The van der Waals surface area contributed by atoms with E-state index >= 15 is 0 Å². The van der Waals surface area contributed by atoms with E-state index in [4.69, 9.17) is 0 Å². The van der Waals surface area contributed by atoms with Gasteiger partial charge in [0.15, 0.2) is 0 Å². The van der Waals surface area contributed by atoms with Crippen LogP contribution >= 0.6 is 0 Å². The summed E-state index contributed by atoms with van der Waals surface area (Å²) in [5, 5.41) is 0. The number of halogens is 1. The van der Waals surface area contributed by atoms with Crippen molar-refractivity contribution in [3.8, 4) is 0 Å². The Morgan fingerprint density at radius 2 is 2.24 bits per heavy atom. The van der Waals surface area contributed by atoms with Crippen molar-refractivity contribution < 1.29 is 12.8 Å². The van der Waals surface area contributed by atoms with Crippen molar-refractivity contribution in [3.63, 3.8) is 0 Å². The molecule has 1 aliphatic heterocycles. The number of likely N-dealkylation sites (tertiary alicyclic amines) is 1. The second kappa shape index (κ2) is 7.33. The van der Waals surface area contributed by atoms with Gasteiger partial charge in [-0.3, -0.25) is 0 Å². The molecule has 0 bridgehead atoms. The number of nitrogens with one attached hydrogen (secondary N) is 1. The van der Waals surface area contributed by atoms with Crippen LogP contribution in [-0.2, 0) is 10.0 Å². The summed E-state index contributed by atoms with van der Waals surface area (Å²) in [4.78, 5) is 2.36. The number of nitrogens with zero attached hydrogens (tertiary/aromatic N) is 1. The molecule has 118 valence electrons. The molecule has 1 unspecified atom stereocenters. The summed E-state index contributed by atoms with van der Waals surface area (Å²) in [5.74, 6) is 0.183. The molecule has 1 heterocycles. The fourth-order valence-corrected chi connectivity index (χ4v) is 3.82. The minimum atomic E-state index is -3.61. The third kappa shape index (κ3) is 5.05. The number of hydrogen-bond acceptors (Lipinski definition) is 3. The van der Waals surface area contributed by atoms with Gasteiger partial charge in [-0.1, -0.05) is 13.0 Å². The van der Waals surface area contributed by atoms with Gasteiger partial charge in [-0.2, -0.15) is 0 Å². The second-order valence-electron chi connectivity index (χ2n) is 5.76. The van der Waals surface area contributed by atoms with E-state index in [1.807, 2.05) is 0 Å². The number of rotatable bonds is 6. The van der Waals surface area contributed by atoms with Gasteiger partial charge in [0.05, 0.1) is 4.90 Å². The molecule has 1 atom stereocenters. The van der Waals surface area contributed by atoms with Crippen LogP contribution in [0.5, 0.6) is 0 Å². The van der Waals surface area contributed by atoms with Gasteiger partial charge in [-0.15, -0.1) is 0 Å². The average molecular weight is 314 g/mol. The topological polar surface area (TPSA) is 49.4 Å². The molecule has 0 radical (unpaired) electrons. The standard InChI is InChI=1S/C15H23FN2O2S/c1-13-5-3-9-18(12-13)10-4-8-17-21(19,20)15-7-2-6-14(16)11-15/h2,6-7,11,13,17H,3-5,8-10,12H2,1H3. The highest BCUT2D eigenvalue weighted by Crippen LogP contribution is 2.15. The van der Waals surface area contributed by atoms with Crippen LogP contribution in [0.4, 0.5) is 4.39 Å². The van der Waals surface area contributed by atoms with E-state index in [2.05, 4.69) is 16.5 Å².